The van der Waals surface area contributed by atoms with Gasteiger partial charge in [0.15, 0.2) is 11.5 Å². The van der Waals surface area contributed by atoms with Gasteiger partial charge in [0.25, 0.3) is 11.8 Å². The molecule has 0 bridgehead atoms. The number of carbonyl (C=O) groups is 2. The van der Waals surface area contributed by atoms with Crippen molar-refractivity contribution in [2.75, 3.05) is 13.2 Å². The van der Waals surface area contributed by atoms with Crippen LogP contribution in [0.5, 0.6) is 11.5 Å². The number of hydrogen-bond donors (Lipinski definition) is 0. The van der Waals surface area contributed by atoms with Crippen LogP contribution in [-0.2, 0) is 0 Å². The van der Waals surface area contributed by atoms with Gasteiger partial charge in [-0.1, -0.05) is 12.1 Å². The van der Waals surface area contributed by atoms with Crippen molar-refractivity contribution in [1.82, 2.24) is 5.01 Å². The van der Waals surface area contributed by atoms with Gasteiger partial charge < -0.3 is 9.47 Å². The molecule has 0 radical (unpaired) electrons. The van der Waals surface area contributed by atoms with E-state index in [0.717, 1.165) is 5.01 Å². The van der Waals surface area contributed by atoms with E-state index in [9.17, 15) is 9.59 Å². The maximum Gasteiger partial charge on any atom is 0.282 e. The van der Waals surface area contributed by atoms with E-state index in [0.29, 0.717) is 41.4 Å². The SMILES string of the molecule is O=C1c2ccccc2C(=O)N1/N=C\c1ccc2c(c1)OCCO2. The van der Waals surface area contributed by atoms with Crippen LogP contribution in [0, 0.1) is 0 Å². The lowest BCUT2D eigenvalue weighted by Gasteiger charge is -2.18. The molecule has 0 spiro atoms. The highest BCUT2D eigenvalue weighted by Crippen LogP contribution is 2.30. The molecule has 114 valence electrons. The van der Waals surface area contributed by atoms with Gasteiger partial charge >= 0.3 is 0 Å². The standard InChI is InChI=1S/C17H12N2O4/c20-16-12-3-1-2-4-13(12)17(21)19(16)18-10-11-5-6-14-15(9-11)23-8-7-22-14/h1-6,9-10H,7-8H2/b18-10-. The van der Waals surface area contributed by atoms with Crippen LogP contribution in [0.1, 0.15) is 26.3 Å². The molecule has 2 heterocycles. The third-order valence-electron chi connectivity index (χ3n) is 3.66. The second kappa shape index (κ2) is 5.24. The van der Waals surface area contributed by atoms with Crippen molar-refractivity contribution in [1.29, 1.82) is 0 Å². The quantitative estimate of drug-likeness (QED) is 0.629. The molecule has 0 N–H and O–H groups in total. The largest absolute Gasteiger partial charge is 0.486 e. The second-order valence-corrected chi connectivity index (χ2v) is 5.12. The van der Waals surface area contributed by atoms with Gasteiger partial charge in [0.2, 0.25) is 0 Å². The summed E-state index contributed by atoms with van der Waals surface area (Å²) in [5.74, 6) is 0.468. The number of ether oxygens (including phenoxy) is 2. The molecule has 6 heteroatoms. The maximum absolute atomic E-state index is 12.2. The molecule has 23 heavy (non-hydrogen) atoms. The molecule has 2 aliphatic heterocycles. The highest BCUT2D eigenvalue weighted by Gasteiger charge is 2.35. The van der Waals surface area contributed by atoms with Gasteiger partial charge in [0.05, 0.1) is 17.3 Å². The Kier molecular flexibility index (Phi) is 3.08. The number of hydrogen-bond acceptors (Lipinski definition) is 5. The number of rotatable bonds is 2. The van der Waals surface area contributed by atoms with Crippen LogP contribution in [0.4, 0.5) is 0 Å². The van der Waals surface area contributed by atoms with Crippen molar-refractivity contribution < 1.29 is 19.1 Å². The summed E-state index contributed by atoms with van der Waals surface area (Å²) in [4.78, 5) is 24.4. The first-order valence-electron chi connectivity index (χ1n) is 7.15. The predicted molar refractivity (Wildman–Crippen MR) is 82.0 cm³/mol. The average molecular weight is 308 g/mol. The number of imide groups is 1. The fourth-order valence-corrected chi connectivity index (χ4v) is 2.55. The molecule has 0 saturated carbocycles. The van der Waals surface area contributed by atoms with E-state index < -0.39 is 11.8 Å². The van der Waals surface area contributed by atoms with E-state index in [4.69, 9.17) is 9.47 Å². The number of hydrazone groups is 1. The summed E-state index contributed by atoms with van der Waals surface area (Å²) in [5, 5.41) is 4.91. The summed E-state index contributed by atoms with van der Waals surface area (Å²) in [6.45, 7) is 1.02. The Bertz CT molecular complexity index is 809. The van der Waals surface area contributed by atoms with Crippen molar-refractivity contribution >= 4 is 18.0 Å². The van der Waals surface area contributed by atoms with Crippen LogP contribution in [0.2, 0.25) is 0 Å². The van der Waals surface area contributed by atoms with Crippen LogP contribution < -0.4 is 9.47 Å². The second-order valence-electron chi connectivity index (χ2n) is 5.12. The minimum atomic E-state index is -0.417. The molecule has 2 amide bonds. The molecule has 2 aromatic carbocycles. The first-order chi connectivity index (χ1) is 11.2. The minimum Gasteiger partial charge on any atom is -0.486 e. The van der Waals surface area contributed by atoms with Crippen molar-refractivity contribution in [3.63, 3.8) is 0 Å². The molecule has 2 aromatic rings. The zero-order valence-electron chi connectivity index (χ0n) is 12.1. The molecular formula is C17H12N2O4. The van der Waals surface area contributed by atoms with E-state index in [1.54, 1.807) is 42.5 Å². The Labute approximate surface area is 131 Å². The van der Waals surface area contributed by atoms with Crippen LogP contribution in [-0.4, -0.2) is 36.3 Å². The fourth-order valence-electron chi connectivity index (χ4n) is 2.55. The Morgan fingerprint density at radius 1 is 0.913 bits per heavy atom. The van der Waals surface area contributed by atoms with Gasteiger partial charge in [-0.2, -0.15) is 10.1 Å². The van der Waals surface area contributed by atoms with Gasteiger partial charge in [-0.15, -0.1) is 0 Å². The third kappa shape index (κ3) is 2.24. The molecule has 0 saturated heterocycles. The lowest BCUT2D eigenvalue weighted by Crippen LogP contribution is -2.24. The summed E-state index contributed by atoms with van der Waals surface area (Å²) < 4.78 is 10.9. The Hall–Kier alpha value is -3.15. The van der Waals surface area contributed by atoms with E-state index in [2.05, 4.69) is 5.10 Å². The van der Waals surface area contributed by atoms with Crippen molar-refractivity contribution in [3.05, 3.63) is 59.2 Å². The zero-order chi connectivity index (χ0) is 15.8. The lowest BCUT2D eigenvalue weighted by atomic mass is 10.1. The number of benzene rings is 2. The van der Waals surface area contributed by atoms with Crippen molar-refractivity contribution in [2.45, 2.75) is 0 Å². The number of nitrogens with zero attached hydrogens (tertiary/aromatic N) is 2. The van der Waals surface area contributed by atoms with E-state index >= 15 is 0 Å². The van der Waals surface area contributed by atoms with Gasteiger partial charge in [0, 0.05) is 0 Å². The third-order valence-corrected chi connectivity index (χ3v) is 3.66. The minimum absolute atomic E-state index is 0.372. The van der Waals surface area contributed by atoms with Gasteiger partial charge in [-0.3, -0.25) is 9.59 Å². The van der Waals surface area contributed by atoms with E-state index in [-0.39, 0.29) is 0 Å². The highest BCUT2D eigenvalue weighted by atomic mass is 16.6. The summed E-state index contributed by atoms with van der Waals surface area (Å²) in [6, 6.07) is 12.0. The van der Waals surface area contributed by atoms with Crippen LogP contribution in [0.25, 0.3) is 0 Å². The monoisotopic (exact) mass is 308 g/mol. The number of amides is 2. The van der Waals surface area contributed by atoms with Crippen LogP contribution in [0.3, 0.4) is 0 Å². The lowest BCUT2D eigenvalue weighted by molar-refractivity contribution is 0.0660. The zero-order valence-corrected chi connectivity index (χ0v) is 12.1. The molecular weight excluding hydrogens is 296 g/mol. The topological polar surface area (TPSA) is 68.2 Å². The molecule has 0 aliphatic carbocycles. The Morgan fingerprint density at radius 3 is 2.26 bits per heavy atom. The molecule has 0 aromatic heterocycles. The van der Waals surface area contributed by atoms with Gasteiger partial charge in [-0.05, 0) is 35.9 Å². The molecule has 4 rings (SSSR count). The van der Waals surface area contributed by atoms with E-state index in [1.165, 1.54) is 6.21 Å². The Balaban J connectivity index is 1.60. The first kappa shape index (κ1) is 13.5. The summed E-state index contributed by atoms with van der Waals surface area (Å²) in [6.07, 6.45) is 1.46. The average Bonchev–Trinajstić information content (AvgIpc) is 2.84. The molecule has 0 unspecified atom stereocenters. The van der Waals surface area contributed by atoms with Gasteiger partial charge in [-0.25, -0.2) is 0 Å². The summed E-state index contributed by atoms with van der Waals surface area (Å²) in [7, 11) is 0. The normalized spacial score (nSPS) is 16.1. The predicted octanol–water partition coefficient (Wildman–Crippen LogP) is 2.09. The molecule has 6 nitrogen and oxygen atoms in total. The summed E-state index contributed by atoms with van der Waals surface area (Å²) >= 11 is 0. The van der Waals surface area contributed by atoms with Crippen molar-refractivity contribution in [3.8, 4) is 11.5 Å². The fraction of sp³-hybridized carbons (Fsp3) is 0.118. The van der Waals surface area contributed by atoms with Crippen LogP contribution >= 0.6 is 0 Å². The van der Waals surface area contributed by atoms with Gasteiger partial charge in [0.1, 0.15) is 13.2 Å². The molecule has 0 fully saturated rings. The molecule has 0 atom stereocenters. The smallest absolute Gasteiger partial charge is 0.282 e. The van der Waals surface area contributed by atoms with E-state index in [1.807, 2.05) is 0 Å². The van der Waals surface area contributed by atoms with Crippen molar-refractivity contribution in [2.24, 2.45) is 5.10 Å². The summed E-state index contributed by atoms with van der Waals surface area (Å²) in [5.41, 5.74) is 1.46. The number of fused-ring (bicyclic) bond motifs is 2. The number of carbonyl (C=O) groups excluding carboxylic acids is 2. The Morgan fingerprint density at radius 2 is 1.57 bits per heavy atom. The first-order valence-corrected chi connectivity index (χ1v) is 7.15. The highest BCUT2D eigenvalue weighted by molar-refractivity contribution is 6.21. The maximum atomic E-state index is 12.2. The molecule has 2 aliphatic rings. The van der Waals surface area contributed by atoms with Crippen LogP contribution in [0.15, 0.2) is 47.6 Å².